The highest BCUT2D eigenvalue weighted by Crippen LogP contribution is 2.15. The second-order valence-corrected chi connectivity index (χ2v) is 3.77. The van der Waals surface area contributed by atoms with Crippen molar-refractivity contribution in [2.45, 2.75) is 0 Å². The van der Waals surface area contributed by atoms with Crippen LogP contribution in [-0.4, -0.2) is 19.6 Å². The molecule has 19 heavy (non-hydrogen) atoms. The second kappa shape index (κ2) is 5.48. The number of rotatable bonds is 3. The molecule has 0 bridgehead atoms. The Morgan fingerprint density at radius 1 is 1.53 bits per heavy atom. The molecular weight excluding hydrogens is 249 g/mol. The van der Waals surface area contributed by atoms with Crippen molar-refractivity contribution >= 4 is 16.9 Å². The Bertz CT molecular complexity index is 703. The molecule has 0 aliphatic rings. The van der Waals surface area contributed by atoms with Crippen LogP contribution in [0.3, 0.4) is 0 Å². The van der Waals surface area contributed by atoms with Crippen LogP contribution in [0.1, 0.15) is 5.56 Å². The first-order valence-electron chi connectivity index (χ1n) is 5.59. The van der Waals surface area contributed by atoms with Gasteiger partial charge < -0.3 is 9.15 Å². The molecule has 2 rings (SSSR count). The number of methoxy groups -OCH3 is 1. The van der Waals surface area contributed by atoms with Crippen molar-refractivity contribution < 1.29 is 13.5 Å². The summed E-state index contributed by atoms with van der Waals surface area (Å²) >= 11 is 0. The van der Waals surface area contributed by atoms with E-state index in [9.17, 15) is 9.18 Å². The summed E-state index contributed by atoms with van der Waals surface area (Å²) < 4.78 is 23.2. The lowest BCUT2D eigenvalue weighted by molar-refractivity contribution is 0.400. The molecule has 0 saturated carbocycles. The highest BCUT2D eigenvalue weighted by molar-refractivity contribution is 5.96. The Kier molecular flexibility index (Phi) is 3.75. The molecule has 0 saturated heterocycles. The van der Waals surface area contributed by atoms with Crippen molar-refractivity contribution in [3.63, 3.8) is 0 Å². The zero-order valence-corrected chi connectivity index (χ0v) is 10.4. The van der Waals surface area contributed by atoms with Gasteiger partial charge in [0.2, 0.25) is 5.90 Å². The lowest BCUT2D eigenvalue weighted by Crippen LogP contribution is -2.16. The van der Waals surface area contributed by atoms with E-state index in [0.717, 1.165) is 6.07 Å². The van der Waals surface area contributed by atoms with E-state index in [4.69, 9.17) is 9.15 Å². The maximum atomic E-state index is 13.0. The van der Waals surface area contributed by atoms with Crippen LogP contribution in [0.4, 0.5) is 4.39 Å². The Hall–Kier alpha value is -2.43. The largest absolute Gasteiger partial charge is 0.481 e. The fourth-order valence-corrected chi connectivity index (χ4v) is 1.64. The van der Waals surface area contributed by atoms with E-state index in [2.05, 4.69) is 11.6 Å². The minimum absolute atomic E-state index is 0.167. The lowest BCUT2D eigenvalue weighted by Gasteiger charge is -2.04. The van der Waals surface area contributed by atoms with Crippen LogP contribution >= 0.6 is 0 Å². The van der Waals surface area contributed by atoms with Crippen LogP contribution in [0.2, 0.25) is 0 Å². The van der Waals surface area contributed by atoms with Gasteiger partial charge in [-0.05, 0) is 18.2 Å². The summed E-state index contributed by atoms with van der Waals surface area (Å²) in [4.78, 5) is 15.9. The van der Waals surface area contributed by atoms with Gasteiger partial charge in [0.15, 0.2) is 0 Å². The average Bonchev–Trinajstić information content (AvgIpc) is 2.40. The molecule has 0 aliphatic carbocycles. The third kappa shape index (κ3) is 2.70. The average molecular weight is 261 g/mol. The van der Waals surface area contributed by atoms with Crippen LogP contribution in [0.15, 0.2) is 51.1 Å². The Morgan fingerprint density at radius 3 is 3.00 bits per heavy atom. The van der Waals surface area contributed by atoms with Crippen molar-refractivity contribution in [2.75, 3.05) is 13.7 Å². The van der Waals surface area contributed by atoms with Gasteiger partial charge in [0, 0.05) is 11.5 Å². The predicted molar refractivity (Wildman–Crippen MR) is 71.1 cm³/mol. The smallest absolute Gasteiger partial charge is 0.349 e. The maximum absolute atomic E-state index is 13.0. The molecule has 98 valence electrons. The first-order chi connectivity index (χ1) is 9.15. The number of nitrogens with zero attached hydrogens (tertiary/aromatic N) is 1. The van der Waals surface area contributed by atoms with E-state index in [0.29, 0.717) is 11.9 Å². The number of hydrogen-bond donors (Lipinski definition) is 0. The van der Waals surface area contributed by atoms with Crippen LogP contribution in [0, 0.1) is 5.82 Å². The molecular formula is C14H12FNO3. The molecule has 0 unspecified atom stereocenters. The molecule has 2 aromatic rings. The Labute approximate surface area is 108 Å². The molecule has 0 amide bonds. The van der Waals surface area contributed by atoms with Crippen molar-refractivity contribution in [3.8, 4) is 0 Å². The minimum Gasteiger partial charge on any atom is -0.481 e. The molecule has 0 atom stereocenters. The second-order valence-electron chi connectivity index (χ2n) is 3.77. The summed E-state index contributed by atoms with van der Waals surface area (Å²) in [5.41, 5.74) is -0.237. The summed E-state index contributed by atoms with van der Waals surface area (Å²) in [5.74, 6) is -0.296. The van der Waals surface area contributed by atoms with Gasteiger partial charge in [0.1, 0.15) is 17.0 Å². The number of benzene rings is 1. The molecule has 1 aromatic heterocycles. The van der Waals surface area contributed by atoms with Crippen LogP contribution in [0.25, 0.3) is 11.0 Å². The Balaban J connectivity index is 2.61. The highest BCUT2D eigenvalue weighted by Gasteiger charge is 2.12. The summed E-state index contributed by atoms with van der Waals surface area (Å²) in [6.45, 7) is 3.86. The molecule has 0 aliphatic heterocycles. The van der Waals surface area contributed by atoms with Gasteiger partial charge in [-0.2, -0.15) is 0 Å². The van der Waals surface area contributed by atoms with Gasteiger partial charge in [-0.15, -0.1) is 6.58 Å². The monoisotopic (exact) mass is 261 g/mol. The zero-order valence-electron chi connectivity index (χ0n) is 10.4. The molecule has 0 radical (unpaired) electrons. The Morgan fingerprint density at radius 2 is 2.32 bits per heavy atom. The molecule has 0 fully saturated rings. The fraction of sp³-hybridized carbons (Fsp3) is 0.143. The topological polar surface area (TPSA) is 51.8 Å². The van der Waals surface area contributed by atoms with Crippen molar-refractivity contribution in [3.05, 3.63) is 58.7 Å². The normalized spacial score (nSPS) is 11.6. The molecule has 0 N–H and O–H groups in total. The van der Waals surface area contributed by atoms with Crippen molar-refractivity contribution in [1.29, 1.82) is 0 Å². The number of ether oxygens (including phenoxy) is 1. The molecule has 0 spiro atoms. The van der Waals surface area contributed by atoms with Gasteiger partial charge in [-0.25, -0.2) is 14.2 Å². The standard InChI is InChI=1S/C14H12FNO3/c1-3-6-16-13(18-2)11-7-9-4-5-10(15)8-12(9)19-14(11)17/h3-5,7-8H,1,6H2,2H3. The van der Waals surface area contributed by atoms with Crippen LogP contribution in [0.5, 0.6) is 0 Å². The van der Waals surface area contributed by atoms with Gasteiger partial charge in [0.25, 0.3) is 0 Å². The van der Waals surface area contributed by atoms with Gasteiger partial charge in [-0.1, -0.05) is 6.08 Å². The van der Waals surface area contributed by atoms with Crippen LogP contribution in [-0.2, 0) is 4.74 Å². The van der Waals surface area contributed by atoms with E-state index in [1.807, 2.05) is 0 Å². The summed E-state index contributed by atoms with van der Waals surface area (Å²) in [6.07, 6.45) is 1.58. The fourth-order valence-electron chi connectivity index (χ4n) is 1.64. The van der Waals surface area contributed by atoms with Crippen LogP contribution < -0.4 is 5.63 Å². The lowest BCUT2D eigenvalue weighted by atomic mass is 10.2. The van der Waals surface area contributed by atoms with Crippen molar-refractivity contribution in [2.24, 2.45) is 4.99 Å². The van der Waals surface area contributed by atoms with Gasteiger partial charge >= 0.3 is 5.63 Å². The quantitative estimate of drug-likeness (QED) is 0.369. The maximum Gasteiger partial charge on any atom is 0.349 e. The van der Waals surface area contributed by atoms with Gasteiger partial charge in [-0.3, -0.25) is 0 Å². The molecule has 1 heterocycles. The number of hydrogen-bond acceptors (Lipinski definition) is 4. The van der Waals surface area contributed by atoms with Crippen molar-refractivity contribution in [1.82, 2.24) is 0 Å². The van der Waals surface area contributed by atoms with Gasteiger partial charge in [0.05, 0.1) is 13.7 Å². The number of aliphatic imine (C=N–C) groups is 1. The summed E-state index contributed by atoms with van der Waals surface area (Å²) in [6, 6.07) is 5.54. The predicted octanol–water partition coefficient (Wildman–Crippen LogP) is 2.51. The van der Waals surface area contributed by atoms with E-state index < -0.39 is 11.4 Å². The third-order valence-electron chi connectivity index (χ3n) is 2.49. The summed E-state index contributed by atoms with van der Waals surface area (Å²) in [5, 5.41) is 0.597. The van der Waals surface area contributed by atoms with E-state index >= 15 is 0 Å². The SMILES string of the molecule is C=CCN=C(OC)c1cc2ccc(F)cc2oc1=O. The van der Waals surface area contributed by atoms with E-state index in [1.54, 1.807) is 12.1 Å². The first kappa shape index (κ1) is 13.0. The van der Waals surface area contributed by atoms with E-state index in [1.165, 1.54) is 19.2 Å². The summed E-state index contributed by atoms with van der Waals surface area (Å²) in [7, 11) is 1.41. The first-order valence-corrected chi connectivity index (χ1v) is 5.59. The number of fused-ring (bicyclic) bond motifs is 1. The minimum atomic E-state index is -0.622. The third-order valence-corrected chi connectivity index (χ3v) is 2.49. The van der Waals surface area contributed by atoms with E-state index in [-0.39, 0.29) is 17.0 Å². The number of halogens is 1. The highest BCUT2D eigenvalue weighted by atomic mass is 19.1. The zero-order chi connectivity index (χ0) is 13.8. The molecule has 4 nitrogen and oxygen atoms in total. The molecule has 1 aromatic carbocycles. The molecule has 5 heteroatoms.